The van der Waals surface area contributed by atoms with Gasteiger partial charge < -0.3 is 0 Å². The Morgan fingerprint density at radius 1 is 0.314 bits per heavy atom. The second-order valence-corrected chi connectivity index (χ2v) is 14.4. The fraction of sp³-hybridized carbons (Fsp3) is 0. The number of nitrogens with zero attached hydrogens (tertiary/aromatic N) is 2. The predicted octanol–water partition coefficient (Wildman–Crippen LogP) is 11.3. The van der Waals surface area contributed by atoms with E-state index in [2.05, 4.69) is 30.3 Å². The van der Waals surface area contributed by atoms with E-state index in [1.807, 2.05) is 127 Å². The molecular formula is C46H30N2O2S. The molecule has 8 aromatic rings. The van der Waals surface area contributed by atoms with Crippen LogP contribution in [0.25, 0.3) is 78.4 Å². The largest absolute Gasteiger partial charge is 0.228 e. The minimum absolute atomic E-state index is 0.247. The van der Waals surface area contributed by atoms with Gasteiger partial charge in [-0.25, -0.2) is 18.4 Å². The zero-order valence-electron chi connectivity index (χ0n) is 27.4. The molecule has 242 valence electrons. The molecule has 5 heteroatoms. The van der Waals surface area contributed by atoms with Gasteiger partial charge in [-0.15, -0.1) is 0 Å². The summed E-state index contributed by atoms with van der Waals surface area (Å²) in [6.07, 6.45) is 0. The summed E-state index contributed by atoms with van der Waals surface area (Å²) >= 11 is 0. The quantitative estimate of drug-likeness (QED) is 0.187. The number of benzene rings is 7. The van der Waals surface area contributed by atoms with Crippen LogP contribution in [-0.2, 0) is 9.84 Å². The first-order chi connectivity index (χ1) is 25.1. The molecule has 1 aliphatic rings. The van der Waals surface area contributed by atoms with Crippen LogP contribution in [0.1, 0.15) is 0 Å². The first-order valence-electron chi connectivity index (χ1n) is 16.8. The van der Waals surface area contributed by atoms with Crippen LogP contribution in [0.3, 0.4) is 0 Å². The molecule has 0 saturated carbocycles. The fourth-order valence-electron chi connectivity index (χ4n) is 7.10. The van der Waals surface area contributed by atoms with Crippen LogP contribution in [0.5, 0.6) is 0 Å². The van der Waals surface area contributed by atoms with E-state index in [9.17, 15) is 8.42 Å². The first-order valence-corrected chi connectivity index (χ1v) is 18.3. The summed E-state index contributed by atoms with van der Waals surface area (Å²) in [4.78, 5) is 10.7. The lowest BCUT2D eigenvalue weighted by atomic mass is 9.86. The molecule has 7 aromatic carbocycles. The highest BCUT2D eigenvalue weighted by atomic mass is 32.2. The Morgan fingerprint density at radius 3 is 1.18 bits per heavy atom. The molecule has 51 heavy (non-hydrogen) atoms. The van der Waals surface area contributed by atoms with E-state index in [1.165, 1.54) is 0 Å². The van der Waals surface area contributed by atoms with Gasteiger partial charge in [-0.1, -0.05) is 158 Å². The highest BCUT2D eigenvalue weighted by Crippen LogP contribution is 2.47. The van der Waals surface area contributed by atoms with Crippen LogP contribution in [0, 0.1) is 0 Å². The van der Waals surface area contributed by atoms with Gasteiger partial charge in [-0.05, 0) is 57.6 Å². The Bertz CT molecular complexity index is 2650. The monoisotopic (exact) mass is 674 g/mol. The molecule has 1 aromatic heterocycles. The summed E-state index contributed by atoms with van der Waals surface area (Å²) in [6.45, 7) is 0. The Hall–Kier alpha value is -6.43. The third-order valence-electron chi connectivity index (χ3n) is 9.51. The van der Waals surface area contributed by atoms with Crippen LogP contribution in [0.15, 0.2) is 192 Å². The fourth-order valence-corrected chi connectivity index (χ4v) is 8.79. The van der Waals surface area contributed by atoms with Gasteiger partial charge in [0.05, 0.1) is 21.2 Å². The molecule has 0 aliphatic carbocycles. The summed E-state index contributed by atoms with van der Waals surface area (Å²) in [6, 6.07) is 59.4. The lowest BCUT2D eigenvalue weighted by Gasteiger charge is -2.18. The molecule has 4 nitrogen and oxygen atoms in total. The second kappa shape index (κ2) is 12.5. The van der Waals surface area contributed by atoms with Crippen molar-refractivity contribution in [2.45, 2.75) is 9.79 Å². The maximum atomic E-state index is 14.9. The number of hydrogen-bond acceptors (Lipinski definition) is 4. The molecule has 0 bridgehead atoms. The molecular weight excluding hydrogens is 645 g/mol. The molecule has 0 amide bonds. The summed E-state index contributed by atoms with van der Waals surface area (Å²) in [5.74, 6) is 0.552. The average molecular weight is 675 g/mol. The highest BCUT2D eigenvalue weighted by Gasteiger charge is 2.29. The second-order valence-electron chi connectivity index (χ2n) is 12.5. The van der Waals surface area contributed by atoms with Crippen molar-refractivity contribution in [2.75, 3.05) is 0 Å². The standard InChI is InChI=1S/C46H30N2O2S/c49-51(50)44-25-13-11-23-39(44)37-22-10-9-20-35(37)34-19-7-8-21-36(34)38-28-27-33(29-41(38)40-24-12-14-26-45(40)51)46-47-42(31-15-3-1-4-16-31)30-43(48-46)32-17-5-2-6-18-32/h1-30H. The molecule has 0 atom stereocenters. The summed E-state index contributed by atoms with van der Waals surface area (Å²) in [5, 5.41) is 0. The third kappa shape index (κ3) is 5.36. The van der Waals surface area contributed by atoms with E-state index in [0.29, 0.717) is 17.0 Å². The number of fused-ring (bicyclic) bond motifs is 9. The Labute approximate surface area is 297 Å². The first kappa shape index (κ1) is 30.6. The minimum atomic E-state index is -3.98. The van der Waals surface area contributed by atoms with E-state index in [-0.39, 0.29) is 9.79 Å². The number of hydrogen-bond donors (Lipinski definition) is 0. The maximum Gasteiger partial charge on any atom is 0.207 e. The molecule has 9 rings (SSSR count). The maximum absolute atomic E-state index is 14.9. The number of aromatic nitrogens is 2. The van der Waals surface area contributed by atoms with Crippen molar-refractivity contribution in [1.82, 2.24) is 9.97 Å². The zero-order chi connectivity index (χ0) is 34.4. The smallest absolute Gasteiger partial charge is 0.207 e. The van der Waals surface area contributed by atoms with Gasteiger partial charge in [-0.3, -0.25) is 0 Å². The van der Waals surface area contributed by atoms with E-state index in [0.717, 1.165) is 61.5 Å². The van der Waals surface area contributed by atoms with Gasteiger partial charge in [0, 0.05) is 27.8 Å². The molecule has 0 spiro atoms. The molecule has 1 aliphatic heterocycles. The van der Waals surface area contributed by atoms with Gasteiger partial charge in [0.2, 0.25) is 9.84 Å². The van der Waals surface area contributed by atoms with Crippen molar-refractivity contribution in [3.05, 3.63) is 182 Å². The normalized spacial score (nSPS) is 12.6. The molecule has 0 radical (unpaired) electrons. The van der Waals surface area contributed by atoms with E-state index in [4.69, 9.17) is 9.97 Å². The number of sulfone groups is 1. The molecule has 0 N–H and O–H groups in total. The lowest BCUT2D eigenvalue weighted by molar-refractivity contribution is 0.596. The minimum Gasteiger partial charge on any atom is -0.228 e. The average Bonchev–Trinajstić information content (AvgIpc) is 3.21. The molecule has 0 unspecified atom stereocenters. The SMILES string of the molecule is O=S1(=O)c2ccccc2-c2ccccc2-c2ccccc2-c2ccc(-c3nc(-c4ccccc4)cc(-c4ccccc4)n3)cc2-c2ccccc21. The zero-order valence-corrected chi connectivity index (χ0v) is 28.3. The Morgan fingerprint density at radius 2 is 0.686 bits per heavy atom. The molecule has 2 heterocycles. The topological polar surface area (TPSA) is 59.9 Å². The van der Waals surface area contributed by atoms with Crippen molar-refractivity contribution in [3.63, 3.8) is 0 Å². The van der Waals surface area contributed by atoms with Gasteiger partial charge >= 0.3 is 0 Å². The van der Waals surface area contributed by atoms with Crippen LogP contribution in [-0.4, -0.2) is 18.4 Å². The Kier molecular flexibility index (Phi) is 7.49. The van der Waals surface area contributed by atoms with Gasteiger partial charge in [0.25, 0.3) is 0 Å². The molecule has 0 fully saturated rings. The van der Waals surface area contributed by atoms with Gasteiger partial charge in [0.1, 0.15) is 0 Å². The van der Waals surface area contributed by atoms with Gasteiger partial charge in [-0.2, -0.15) is 0 Å². The third-order valence-corrected chi connectivity index (χ3v) is 11.4. The van der Waals surface area contributed by atoms with E-state index < -0.39 is 9.84 Å². The predicted molar refractivity (Wildman–Crippen MR) is 206 cm³/mol. The van der Waals surface area contributed by atoms with E-state index >= 15 is 0 Å². The number of rotatable bonds is 3. The van der Waals surface area contributed by atoms with Crippen molar-refractivity contribution in [2.24, 2.45) is 0 Å². The van der Waals surface area contributed by atoms with Crippen LogP contribution in [0.4, 0.5) is 0 Å². The highest BCUT2D eigenvalue weighted by molar-refractivity contribution is 7.91. The van der Waals surface area contributed by atoms with Crippen molar-refractivity contribution >= 4 is 9.84 Å². The van der Waals surface area contributed by atoms with Crippen LogP contribution >= 0.6 is 0 Å². The molecule has 0 saturated heterocycles. The van der Waals surface area contributed by atoms with Crippen molar-refractivity contribution in [3.8, 4) is 78.4 Å². The van der Waals surface area contributed by atoms with Gasteiger partial charge in [0.15, 0.2) is 5.82 Å². The van der Waals surface area contributed by atoms with Crippen LogP contribution < -0.4 is 0 Å². The lowest BCUT2D eigenvalue weighted by Crippen LogP contribution is -2.06. The van der Waals surface area contributed by atoms with Crippen LogP contribution in [0.2, 0.25) is 0 Å². The summed E-state index contributed by atoms with van der Waals surface area (Å²) < 4.78 is 29.7. The summed E-state index contributed by atoms with van der Waals surface area (Å²) in [7, 11) is -3.98. The van der Waals surface area contributed by atoms with Crippen molar-refractivity contribution in [1.29, 1.82) is 0 Å². The Balaban J connectivity index is 1.36. The van der Waals surface area contributed by atoms with Crippen molar-refractivity contribution < 1.29 is 8.42 Å². The van der Waals surface area contributed by atoms with E-state index in [1.54, 1.807) is 24.3 Å². The summed E-state index contributed by atoms with van der Waals surface area (Å²) in [5.41, 5.74) is 11.2.